The molecule has 31 heavy (non-hydrogen) atoms. The molecule has 2 heterocycles. The fraction of sp³-hybridized carbons (Fsp3) is 0.185. The summed E-state index contributed by atoms with van der Waals surface area (Å²) in [5.74, 6) is 0.807. The molecule has 2 aliphatic heterocycles. The van der Waals surface area contributed by atoms with E-state index in [2.05, 4.69) is 62.2 Å². The van der Waals surface area contributed by atoms with E-state index in [0.717, 1.165) is 35.0 Å². The minimum atomic E-state index is -0.618. The maximum atomic E-state index is 11.3. The maximum absolute atomic E-state index is 11.3. The maximum Gasteiger partial charge on any atom is 0.211 e. The van der Waals surface area contributed by atoms with Gasteiger partial charge in [-0.05, 0) is 79.1 Å². The molecule has 0 saturated heterocycles. The van der Waals surface area contributed by atoms with Gasteiger partial charge < -0.3 is 9.64 Å². The Bertz CT molecular complexity index is 1230. The van der Waals surface area contributed by atoms with E-state index in [1.54, 1.807) is 18.2 Å². The van der Waals surface area contributed by atoms with Crippen molar-refractivity contribution in [1.29, 1.82) is 0 Å². The van der Waals surface area contributed by atoms with E-state index < -0.39 is 5.72 Å². The number of nitrogens with zero attached hydrogens (tertiary/aromatic N) is 1. The minimum absolute atomic E-state index is 0.248. The van der Waals surface area contributed by atoms with E-state index in [4.69, 9.17) is 4.74 Å². The first-order valence-corrected chi connectivity index (χ1v) is 10.3. The number of aldehydes is 2. The lowest BCUT2D eigenvalue weighted by Crippen LogP contribution is -2.58. The average Bonchev–Trinajstić information content (AvgIpc) is 2.96. The van der Waals surface area contributed by atoms with Crippen molar-refractivity contribution in [1.82, 2.24) is 0 Å². The molecule has 0 aliphatic carbocycles. The number of hydrogen-bond acceptors (Lipinski definition) is 4. The van der Waals surface area contributed by atoms with Crippen molar-refractivity contribution in [2.45, 2.75) is 25.0 Å². The summed E-state index contributed by atoms with van der Waals surface area (Å²) in [4.78, 5) is 24.7. The van der Waals surface area contributed by atoms with Gasteiger partial charge in [-0.1, -0.05) is 24.3 Å². The number of fused-ring (bicyclic) bond motifs is 2. The van der Waals surface area contributed by atoms with Crippen LogP contribution in [0.5, 0.6) is 5.75 Å². The number of likely N-dealkylation sites (N-methyl/N-ethyl adjacent to an activating group) is 1. The van der Waals surface area contributed by atoms with Crippen molar-refractivity contribution in [2.24, 2.45) is 0 Å². The number of hydrogen-bond donors (Lipinski definition) is 0. The second-order valence-electron chi connectivity index (χ2n) is 8.71. The lowest BCUT2D eigenvalue weighted by Gasteiger charge is -2.45. The van der Waals surface area contributed by atoms with Crippen LogP contribution in [-0.4, -0.2) is 25.3 Å². The largest absolute Gasteiger partial charge is 0.463 e. The second-order valence-corrected chi connectivity index (χ2v) is 8.71. The number of ether oxygens (including phenoxy) is 1. The van der Waals surface area contributed by atoms with E-state index in [1.165, 1.54) is 11.3 Å². The summed E-state index contributed by atoms with van der Waals surface area (Å²) < 4.78 is 6.70. The smallest absolute Gasteiger partial charge is 0.211 e. The Morgan fingerprint density at radius 1 is 0.871 bits per heavy atom. The van der Waals surface area contributed by atoms with Crippen molar-refractivity contribution in [3.05, 3.63) is 89.0 Å². The predicted octanol–water partition coefficient (Wildman–Crippen LogP) is 5.51. The monoisotopic (exact) mass is 409 g/mol. The fourth-order valence-corrected chi connectivity index (χ4v) is 4.94. The first-order chi connectivity index (χ1) is 14.9. The van der Waals surface area contributed by atoms with Crippen molar-refractivity contribution in [2.75, 3.05) is 11.9 Å². The minimum Gasteiger partial charge on any atom is -0.463 e. The number of anilines is 1. The lowest BCUT2D eigenvalue weighted by atomic mass is 9.76. The van der Waals surface area contributed by atoms with Crippen molar-refractivity contribution in [3.63, 3.8) is 0 Å². The molecule has 4 nitrogen and oxygen atoms in total. The van der Waals surface area contributed by atoms with Crippen molar-refractivity contribution < 1.29 is 14.3 Å². The second kappa shape index (κ2) is 6.67. The average molecular weight is 409 g/mol. The van der Waals surface area contributed by atoms with Gasteiger partial charge in [-0.3, -0.25) is 9.59 Å². The Hall–Kier alpha value is -3.66. The number of rotatable bonds is 3. The molecule has 2 aliphatic rings. The van der Waals surface area contributed by atoms with Gasteiger partial charge in [0.15, 0.2) is 0 Å². The third-order valence-corrected chi connectivity index (χ3v) is 6.68. The molecule has 0 N–H and O–H groups in total. The molecule has 0 radical (unpaired) electrons. The molecular formula is C27H23NO3. The number of carbonyl (C=O) groups excluding carboxylic acids is 2. The Labute approximate surface area is 181 Å². The van der Waals surface area contributed by atoms with E-state index in [0.29, 0.717) is 11.1 Å². The van der Waals surface area contributed by atoms with Crippen LogP contribution in [0.2, 0.25) is 0 Å². The summed E-state index contributed by atoms with van der Waals surface area (Å²) >= 11 is 0. The summed E-state index contributed by atoms with van der Waals surface area (Å²) in [6, 6.07) is 19.6. The van der Waals surface area contributed by atoms with E-state index in [9.17, 15) is 9.59 Å². The predicted molar refractivity (Wildman–Crippen MR) is 123 cm³/mol. The highest BCUT2D eigenvalue weighted by atomic mass is 16.5. The van der Waals surface area contributed by atoms with Gasteiger partial charge in [0, 0.05) is 29.4 Å². The molecule has 5 rings (SSSR count). The summed E-state index contributed by atoms with van der Waals surface area (Å²) in [6.45, 7) is 4.43. The molecule has 3 aromatic rings. The van der Waals surface area contributed by atoms with Gasteiger partial charge in [0.25, 0.3) is 0 Å². The van der Waals surface area contributed by atoms with E-state index >= 15 is 0 Å². The van der Waals surface area contributed by atoms with Crippen LogP contribution in [0.15, 0.2) is 66.7 Å². The Morgan fingerprint density at radius 3 is 2.26 bits per heavy atom. The zero-order valence-corrected chi connectivity index (χ0v) is 17.8. The number of benzene rings is 3. The quantitative estimate of drug-likeness (QED) is 0.535. The molecule has 0 fully saturated rings. The molecule has 1 spiro atoms. The summed E-state index contributed by atoms with van der Waals surface area (Å²) in [5.41, 5.74) is 5.25. The van der Waals surface area contributed by atoms with Crippen LogP contribution < -0.4 is 9.64 Å². The highest BCUT2D eigenvalue weighted by Crippen LogP contribution is 2.54. The Kier molecular flexibility index (Phi) is 4.16. The first-order valence-electron chi connectivity index (χ1n) is 10.3. The Morgan fingerprint density at radius 2 is 1.58 bits per heavy atom. The van der Waals surface area contributed by atoms with Gasteiger partial charge in [0.2, 0.25) is 5.72 Å². The van der Waals surface area contributed by atoms with Gasteiger partial charge in [-0.25, -0.2) is 0 Å². The van der Waals surface area contributed by atoms with Crippen LogP contribution in [0, 0.1) is 0 Å². The van der Waals surface area contributed by atoms with Crippen LogP contribution in [0.3, 0.4) is 0 Å². The summed E-state index contributed by atoms with van der Waals surface area (Å²) in [6.07, 6.45) is 5.77. The Balaban J connectivity index is 1.57. The van der Waals surface area contributed by atoms with Crippen molar-refractivity contribution >= 4 is 24.3 Å². The summed E-state index contributed by atoms with van der Waals surface area (Å²) in [5, 5.41) is 0. The van der Waals surface area contributed by atoms with Gasteiger partial charge in [-0.15, -0.1) is 0 Å². The van der Waals surface area contributed by atoms with Gasteiger partial charge in [-0.2, -0.15) is 0 Å². The van der Waals surface area contributed by atoms with Crippen LogP contribution in [0.4, 0.5) is 5.69 Å². The number of carbonyl (C=O) groups is 2. The van der Waals surface area contributed by atoms with E-state index in [1.807, 2.05) is 18.2 Å². The van der Waals surface area contributed by atoms with Gasteiger partial charge >= 0.3 is 0 Å². The molecule has 0 aromatic heterocycles. The number of para-hydroxylation sites is 1. The molecule has 0 saturated carbocycles. The fourth-order valence-electron chi connectivity index (χ4n) is 4.94. The molecular weight excluding hydrogens is 386 g/mol. The third-order valence-electron chi connectivity index (χ3n) is 6.68. The van der Waals surface area contributed by atoms with Crippen LogP contribution in [0.1, 0.15) is 45.7 Å². The zero-order valence-electron chi connectivity index (χ0n) is 17.8. The third kappa shape index (κ3) is 2.68. The lowest BCUT2D eigenvalue weighted by molar-refractivity contribution is 0.0582. The van der Waals surface area contributed by atoms with Crippen LogP contribution >= 0.6 is 0 Å². The van der Waals surface area contributed by atoms with Gasteiger partial charge in [0.05, 0.1) is 5.41 Å². The molecule has 4 heteroatoms. The highest BCUT2D eigenvalue weighted by molar-refractivity contribution is 5.87. The molecule has 154 valence electrons. The molecule has 0 unspecified atom stereocenters. The molecule has 1 atom stereocenters. The van der Waals surface area contributed by atoms with Crippen LogP contribution in [0.25, 0.3) is 17.2 Å². The zero-order chi connectivity index (χ0) is 21.8. The standard InChI is InChI=1S/C27H23NO3/c1-26(2)23-6-4-5-7-24(23)28(3)27(26)11-10-21-15-20(8-9-25(21)31-27)22-13-18(16-29)12-19(14-22)17-30/h4-17H,1-3H3/t27-/m1/s1. The highest BCUT2D eigenvalue weighted by Gasteiger charge is 2.57. The van der Waals surface area contributed by atoms with E-state index in [-0.39, 0.29) is 5.41 Å². The normalized spacial score (nSPS) is 20.2. The SMILES string of the molecule is CN1c2ccccc2C(C)(C)[C@]12C=Cc1cc(-c3cc(C=O)cc(C=O)c3)ccc1O2. The molecule has 0 bridgehead atoms. The van der Waals surface area contributed by atoms with Crippen molar-refractivity contribution in [3.8, 4) is 16.9 Å². The molecule has 3 aromatic carbocycles. The first kappa shape index (κ1) is 19.3. The van der Waals surface area contributed by atoms with Crippen LogP contribution in [-0.2, 0) is 5.41 Å². The topological polar surface area (TPSA) is 46.6 Å². The molecule has 0 amide bonds. The van der Waals surface area contributed by atoms with Gasteiger partial charge in [0.1, 0.15) is 18.3 Å². The summed E-state index contributed by atoms with van der Waals surface area (Å²) in [7, 11) is 2.07.